The average molecular weight is 447 g/mol. The lowest BCUT2D eigenvalue weighted by atomic mass is 10.3. The van der Waals surface area contributed by atoms with E-state index in [4.69, 9.17) is 28.0 Å². The Morgan fingerprint density at radius 3 is 2.46 bits per heavy atom. The second kappa shape index (κ2) is 8.52. The van der Waals surface area contributed by atoms with E-state index < -0.39 is 26.7 Å². The van der Waals surface area contributed by atoms with Crippen molar-refractivity contribution in [2.75, 3.05) is 23.8 Å². The molecule has 9 nitrogen and oxygen atoms in total. The molecule has 0 spiro atoms. The zero-order chi connectivity index (χ0) is 20.3. The number of nitrogens with zero attached hydrogens (tertiary/aromatic N) is 1. The molecule has 2 aromatic rings. The predicted octanol–water partition coefficient (Wildman–Crippen LogP) is 3.17. The Balaban J connectivity index is 1.82. The van der Waals surface area contributed by atoms with E-state index in [-0.39, 0.29) is 10.7 Å². The van der Waals surface area contributed by atoms with Gasteiger partial charge in [-0.2, -0.15) is 0 Å². The van der Waals surface area contributed by atoms with Gasteiger partial charge in [-0.25, -0.2) is 13.2 Å². The van der Waals surface area contributed by atoms with E-state index in [1.165, 1.54) is 12.1 Å². The zero-order valence-corrected chi connectivity index (χ0v) is 16.6. The van der Waals surface area contributed by atoms with Gasteiger partial charge in [0.25, 0.3) is 10.0 Å². The second-order valence-corrected chi connectivity index (χ2v) is 8.13. The Hall–Kier alpha value is -2.08. The van der Waals surface area contributed by atoms with Gasteiger partial charge < -0.3 is 15.7 Å². The number of hydroxylamine groups is 1. The lowest BCUT2D eigenvalue weighted by Crippen LogP contribution is -2.39. The number of halogens is 2. The number of phenolic OH excluding ortho intramolecular Hbond substituents is 1. The standard InChI is InChI=1S/C16H16Cl2N4O5S/c17-10-4-1-2-5-12(10)19-16(24)20-13-7-6-11(18)15(14(13)23)28(25,26)21-22-8-3-9-27-22/h1-2,4-7,21,23H,3,8-9H2,(H2,19,20,24). The topological polar surface area (TPSA) is 120 Å². The summed E-state index contributed by atoms with van der Waals surface area (Å²) in [6.45, 7) is 0.710. The normalized spacial score (nSPS) is 14.8. The van der Waals surface area contributed by atoms with Gasteiger partial charge >= 0.3 is 6.03 Å². The summed E-state index contributed by atoms with van der Waals surface area (Å²) in [5, 5.41) is 16.4. The summed E-state index contributed by atoms with van der Waals surface area (Å²) in [5.41, 5.74) is 0.187. The van der Waals surface area contributed by atoms with Crippen LogP contribution < -0.4 is 15.5 Å². The predicted molar refractivity (Wildman–Crippen MR) is 105 cm³/mol. The highest BCUT2D eigenvalue weighted by Gasteiger charge is 2.29. The van der Waals surface area contributed by atoms with Gasteiger partial charge in [0.05, 0.1) is 28.0 Å². The van der Waals surface area contributed by atoms with Gasteiger partial charge in [0.2, 0.25) is 0 Å². The third kappa shape index (κ3) is 4.66. The molecule has 0 radical (unpaired) electrons. The molecule has 0 aromatic heterocycles. The van der Waals surface area contributed by atoms with E-state index in [0.29, 0.717) is 30.3 Å². The summed E-state index contributed by atoms with van der Waals surface area (Å²) in [7, 11) is -4.25. The molecule has 1 fully saturated rings. The first-order valence-electron chi connectivity index (χ1n) is 8.05. The Labute approximate surface area is 171 Å². The van der Waals surface area contributed by atoms with E-state index in [1.807, 2.05) is 0 Å². The number of rotatable bonds is 5. The minimum Gasteiger partial charge on any atom is -0.504 e. The van der Waals surface area contributed by atoms with Gasteiger partial charge in [0.15, 0.2) is 5.75 Å². The van der Waals surface area contributed by atoms with Crippen molar-refractivity contribution in [2.45, 2.75) is 11.3 Å². The van der Waals surface area contributed by atoms with Crippen LogP contribution in [0.3, 0.4) is 0 Å². The minimum atomic E-state index is -4.25. The van der Waals surface area contributed by atoms with E-state index >= 15 is 0 Å². The lowest BCUT2D eigenvalue weighted by Gasteiger charge is -2.18. The van der Waals surface area contributed by atoms with Crippen molar-refractivity contribution in [1.82, 2.24) is 10.0 Å². The number of anilines is 2. The molecule has 0 unspecified atom stereocenters. The smallest absolute Gasteiger partial charge is 0.323 e. The molecule has 1 heterocycles. The van der Waals surface area contributed by atoms with Crippen LogP contribution in [0.15, 0.2) is 41.3 Å². The minimum absolute atomic E-state index is 0.156. The van der Waals surface area contributed by atoms with E-state index in [2.05, 4.69) is 15.5 Å². The molecule has 150 valence electrons. The molecular weight excluding hydrogens is 431 g/mol. The molecule has 0 aliphatic carbocycles. The summed E-state index contributed by atoms with van der Waals surface area (Å²) in [6.07, 6.45) is 0.645. The van der Waals surface area contributed by atoms with E-state index in [1.54, 1.807) is 24.3 Å². The number of nitrogens with one attached hydrogen (secondary N) is 3. The first-order chi connectivity index (χ1) is 13.3. The van der Waals surface area contributed by atoms with Crippen LogP contribution in [-0.4, -0.2) is 37.9 Å². The Kier molecular flexibility index (Phi) is 6.28. The summed E-state index contributed by atoms with van der Waals surface area (Å²) >= 11 is 12.0. The molecule has 2 amide bonds. The lowest BCUT2D eigenvalue weighted by molar-refractivity contribution is -0.129. The molecule has 0 bridgehead atoms. The molecule has 4 N–H and O–H groups in total. The maximum absolute atomic E-state index is 12.6. The van der Waals surface area contributed by atoms with Crippen molar-refractivity contribution < 1.29 is 23.2 Å². The van der Waals surface area contributed by atoms with Crippen molar-refractivity contribution >= 4 is 50.6 Å². The molecule has 2 aromatic carbocycles. The van der Waals surface area contributed by atoms with Crippen molar-refractivity contribution in [3.8, 4) is 5.75 Å². The Morgan fingerprint density at radius 1 is 1.07 bits per heavy atom. The number of amides is 2. The van der Waals surface area contributed by atoms with Crippen LogP contribution in [0.4, 0.5) is 16.2 Å². The highest BCUT2D eigenvalue weighted by Crippen LogP contribution is 2.37. The number of urea groups is 1. The van der Waals surface area contributed by atoms with Crippen molar-refractivity contribution in [1.29, 1.82) is 0 Å². The first-order valence-corrected chi connectivity index (χ1v) is 10.3. The molecule has 0 saturated carbocycles. The average Bonchev–Trinajstić information content (AvgIpc) is 3.11. The van der Waals surface area contributed by atoms with Gasteiger partial charge in [-0.05, 0) is 30.7 Å². The number of hydrogen-bond acceptors (Lipinski definition) is 6. The van der Waals surface area contributed by atoms with Crippen LogP contribution in [0.5, 0.6) is 5.75 Å². The number of hydrogen-bond donors (Lipinski definition) is 4. The maximum Gasteiger partial charge on any atom is 0.323 e. The number of hydrazine groups is 1. The van der Waals surface area contributed by atoms with Crippen LogP contribution in [0.25, 0.3) is 0 Å². The summed E-state index contributed by atoms with van der Waals surface area (Å²) in [6, 6.07) is 8.33. The second-order valence-electron chi connectivity index (χ2n) is 5.72. The highest BCUT2D eigenvalue weighted by molar-refractivity contribution is 7.89. The van der Waals surface area contributed by atoms with Crippen LogP contribution >= 0.6 is 23.2 Å². The van der Waals surface area contributed by atoms with Gasteiger partial charge in [0, 0.05) is 6.54 Å². The molecule has 3 rings (SSSR count). The Morgan fingerprint density at radius 2 is 1.79 bits per heavy atom. The molecule has 0 atom stereocenters. The van der Waals surface area contributed by atoms with E-state index in [9.17, 15) is 18.3 Å². The third-order valence-electron chi connectivity index (χ3n) is 3.70. The maximum atomic E-state index is 12.6. The molecule has 1 saturated heterocycles. The molecule has 12 heteroatoms. The van der Waals surface area contributed by atoms with Gasteiger partial charge in [-0.15, -0.1) is 10.0 Å². The number of carbonyl (C=O) groups excluding carboxylic acids is 1. The van der Waals surface area contributed by atoms with Crippen LogP contribution in [0.1, 0.15) is 6.42 Å². The quantitative estimate of drug-likeness (QED) is 0.523. The van der Waals surface area contributed by atoms with Crippen molar-refractivity contribution in [3.63, 3.8) is 0 Å². The molecular formula is C16H16Cl2N4O5S. The largest absolute Gasteiger partial charge is 0.504 e. The van der Waals surface area contributed by atoms with Crippen LogP contribution in [0, 0.1) is 0 Å². The van der Waals surface area contributed by atoms with Gasteiger partial charge in [0.1, 0.15) is 4.90 Å². The van der Waals surface area contributed by atoms with E-state index in [0.717, 1.165) is 5.17 Å². The number of benzene rings is 2. The van der Waals surface area contributed by atoms with Crippen molar-refractivity contribution in [3.05, 3.63) is 46.4 Å². The number of sulfonamides is 1. The third-order valence-corrected chi connectivity index (χ3v) is 5.85. The molecule has 1 aliphatic heterocycles. The number of aromatic hydroxyl groups is 1. The summed E-state index contributed by atoms with van der Waals surface area (Å²) in [5.74, 6) is -0.714. The zero-order valence-electron chi connectivity index (χ0n) is 14.3. The number of para-hydroxylation sites is 1. The van der Waals surface area contributed by atoms with Gasteiger partial charge in [-0.3, -0.25) is 4.84 Å². The summed E-state index contributed by atoms with van der Waals surface area (Å²) in [4.78, 5) is 18.9. The van der Waals surface area contributed by atoms with Crippen molar-refractivity contribution in [2.24, 2.45) is 0 Å². The van der Waals surface area contributed by atoms with Crippen LogP contribution in [0.2, 0.25) is 10.0 Å². The van der Waals surface area contributed by atoms with Gasteiger partial charge in [-0.1, -0.05) is 35.3 Å². The monoisotopic (exact) mass is 446 g/mol. The molecule has 28 heavy (non-hydrogen) atoms. The fourth-order valence-corrected chi connectivity index (χ4v) is 4.27. The fraction of sp³-hybridized carbons (Fsp3) is 0.188. The fourth-order valence-electron chi connectivity index (χ4n) is 2.44. The highest BCUT2D eigenvalue weighted by atomic mass is 35.5. The SMILES string of the molecule is O=C(Nc1ccccc1Cl)Nc1ccc(Cl)c(S(=O)(=O)NN2CCCO2)c1O. The number of phenols is 1. The molecule has 1 aliphatic rings. The Bertz CT molecular complexity index is 997. The first kappa shape index (κ1) is 20.6. The summed E-state index contributed by atoms with van der Waals surface area (Å²) < 4.78 is 25.2. The van der Waals surface area contributed by atoms with Crippen LogP contribution in [-0.2, 0) is 14.9 Å². The number of carbonyl (C=O) groups is 1.